The van der Waals surface area contributed by atoms with Crippen LogP contribution in [0.2, 0.25) is 0 Å². The average Bonchev–Trinajstić information content (AvgIpc) is 2.75. The zero-order valence-electron chi connectivity index (χ0n) is 11.1. The number of aryl methyl sites for hydroxylation is 1. The molecule has 2 rings (SSSR count). The molecule has 0 aliphatic rings. The molecule has 96 valence electrons. The Bertz CT molecular complexity index is 519. The first-order valence-electron chi connectivity index (χ1n) is 6.05. The van der Waals surface area contributed by atoms with Gasteiger partial charge >= 0.3 is 0 Å². The molecule has 3 heteroatoms. The number of aliphatic hydroxyl groups is 1. The van der Waals surface area contributed by atoms with E-state index < -0.39 is 6.10 Å². The van der Waals surface area contributed by atoms with Gasteiger partial charge in [0.15, 0.2) is 0 Å². The maximum Gasteiger partial charge on any atom is 0.114 e. The highest BCUT2D eigenvalue weighted by molar-refractivity contribution is 7.12. The highest BCUT2D eigenvalue weighted by Gasteiger charge is 2.15. The summed E-state index contributed by atoms with van der Waals surface area (Å²) in [7, 11) is 4.08. The Morgan fingerprint density at radius 2 is 1.89 bits per heavy atom. The minimum atomic E-state index is -0.514. The summed E-state index contributed by atoms with van der Waals surface area (Å²) in [6.07, 6.45) is -0.514. The molecule has 0 saturated heterocycles. The average molecular weight is 261 g/mol. The van der Waals surface area contributed by atoms with Crippen LogP contribution in [-0.2, 0) is 6.54 Å². The van der Waals surface area contributed by atoms with Crippen molar-refractivity contribution in [3.05, 3.63) is 57.3 Å². The smallest absolute Gasteiger partial charge is 0.114 e. The molecule has 2 nitrogen and oxygen atoms in total. The molecule has 1 aromatic carbocycles. The molecule has 0 saturated carbocycles. The first kappa shape index (κ1) is 13.3. The molecule has 1 atom stereocenters. The maximum atomic E-state index is 10.5. The summed E-state index contributed by atoms with van der Waals surface area (Å²) in [6, 6.07) is 12.2. The van der Waals surface area contributed by atoms with E-state index >= 15 is 0 Å². The number of nitrogens with zero attached hydrogens (tertiary/aromatic N) is 1. The van der Waals surface area contributed by atoms with Crippen LogP contribution in [0.15, 0.2) is 36.4 Å². The second kappa shape index (κ2) is 5.65. The van der Waals surface area contributed by atoms with Crippen molar-refractivity contribution < 1.29 is 5.11 Å². The minimum absolute atomic E-state index is 0.514. The van der Waals surface area contributed by atoms with Crippen LogP contribution in [0.5, 0.6) is 0 Å². The van der Waals surface area contributed by atoms with E-state index in [9.17, 15) is 5.11 Å². The Morgan fingerprint density at radius 1 is 1.17 bits per heavy atom. The molecule has 0 bridgehead atoms. The number of rotatable bonds is 4. The Hall–Kier alpha value is -1.16. The summed E-state index contributed by atoms with van der Waals surface area (Å²) >= 11 is 1.65. The molecule has 0 fully saturated rings. The molecule has 1 heterocycles. The van der Waals surface area contributed by atoms with Crippen molar-refractivity contribution in [2.24, 2.45) is 0 Å². The van der Waals surface area contributed by atoms with E-state index in [4.69, 9.17) is 0 Å². The molecule has 18 heavy (non-hydrogen) atoms. The topological polar surface area (TPSA) is 23.5 Å². The van der Waals surface area contributed by atoms with Crippen LogP contribution >= 0.6 is 11.3 Å². The third-order valence-corrected chi connectivity index (χ3v) is 3.92. The lowest BCUT2D eigenvalue weighted by Gasteiger charge is -2.17. The number of benzene rings is 1. The lowest BCUT2D eigenvalue weighted by molar-refractivity contribution is 0.221. The van der Waals surface area contributed by atoms with Crippen molar-refractivity contribution in [2.45, 2.75) is 19.6 Å². The molecule has 1 aromatic heterocycles. The molecule has 2 aromatic rings. The van der Waals surface area contributed by atoms with Gasteiger partial charge in [0.25, 0.3) is 0 Å². The van der Waals surface area contributed by atoms with Crippen LogP contribution in [-0.4, -0.2) is 24.1 Å². The first-order chi connectivity index (χ1) is 8.58. The zero-order valence-corrected chi connectivity index (χ0v) is 11.9. The van der Waals surface area contributed by atoms with E-state index in [-0.39, 0.29) is 0 Å². The highest BCUT2D eigenvalue weighted by atomic mass is 32.1. The molecule has 1 unspecified atom stereocenters. The van der Waals surface area contributed by atoms with Crippen LogP contribution in [0.3, 0.4) is 0 Å². The Balaban J connectivity index is 2.32. The van der Waals surface area contributed by atoms with Gasteiger partial charge < -0.3 is 10.0 Å². The summed E-state index contributed by atoms with van der Waals surface area (Å²) in [5.74, 6) is 0. The second-order valence-corrected chi connectivity index (χ2v) is 6.11. The molecule has 0 radical (unpaired) electrons. The van der Waals surface area contributed by atoms with E-state index in [1.807, 2.05) is 38.4 Å². The maximum absolute atomic E-state index is 10.5. The van der Waals surface area contributed by atoms with Crippen molar-refractivity contribution in [3.63, 3.8) is 0 Å². The molecule has 0 spiro atoms. The summed E-state index contributed by atoms with van der Waals surface area (Å²) in [5.41, 5.74) is 2.19. The third kappa shape index (κ3) is 2.99. The number of hydrogen-bond donors (Lipinski definition) is 1. The van der Waals surface area contributed by atoms with Crippen molar-refractivity contribution in [1.82, 2.24) is 4.90 Å². The summed E-state index contributed by atoms with van der Waals surface area (Å²) in [6.45, 7) is 2.91. The van der Waals surface area contributed by atoms with Gasteiger partial charge in [0.05, 0.1) is 0 Å². The fourth-order valence-electron chi connectivity index (χ4n) is 2.04. The molecular formula is C15H19NOS. The van der Waals surface area contributed by atoms with Gasteiger partial charge in [0.2, 0.25) is 0 Å². The first-order valence-corrected chi connectivity index (χ1v) is 6.86. The van der Waals surface area contributed by atoms with Gasteiger partial charge in [0, 0.05) is 16.3 Å². The number of aliphatic hydroxyl groups excluding tert-OH is 1. The van der Waals surface area contributed by atoms with Crippen molar-refractivity contribution in [3.8, 4) is 0 Å². The van der Waals surface area contributed by atoms with E-state index in [2.05, 4.69) is 24.0 Å². The minimum Gasteiger partial charge on any atom is -0.383 e. The molecule has 1 N–H and O–H groups in total. The van der Waals surface area contributed by atoms with Crippen LogP contribution in [0.1, 0.15) is 27.0 Å². The fraction of sp³-hybridized carbons (Fsp3) is 0.333. The van der Waals surface area contributed by atoms with Crippen LogP contribution in [0.25, 0.3) is 0 Å². The standard InChI is InChI=1S/C15H19NOS/c1-11-8-9-14(18-11)15(17)13-7-5-4-6-12(13)10-16(2)3/h4-9,15,17H,10H2,1-3H3. The van der Waals surface area contributed by atoms with E-state index in [1.165, 1.54) is 10.4 Å². The van der Waals surface area contributed by atoms with Crippen LogP contribution in [0.4, 0.5) is 0 Å². The number of hydrogen-bond acceptors (Lipinski definition) is 3. The molecule has 0 amide bonds. The summed E-state index contributed by atoms with van der Waals surface area (Å²) < 4.78 is 0. The van der Waals surface area contributed by atoms with Crippen LogP contribution < -0.4 is 0 Å². The predicted molar refractivity (Wildman–Crippen MR) is 77.0 cm³/mol. The highest BCUT2D eigenvalue weighted by Crippen LogP contribution is 2.30. The van der Waals surface area contributed by atoms with Gasteiger partial charge in [-0.2, -0.15) is 0 Å². The van der Waals surface area contributed by atoms with E-state index in [0.717, 1.165) is 17.0 Å². The Morgan fingerprint density at radius 3 is 2.50 bits per heavy atom. The van der Waals surface area contributed by atoms with Gasteiger partial charge in [0.1, 0.15) is 6.10 Å². The Kier molecular flexibility index (Phi) is 4.17. The lowest BCUT2D eigenvalue weighted by Crippen LogP contribution is -2.13. The largest absolute Gasteiger partial charge is 0.383 e. The third-order valence-electron chi connectivity index (χ3n) is 2.87. The van der Waals surface area contributed by atoms with Gasteiger partial charge in [-0.3, -0.25) is 0 Å². The number of thiophene rings is 1. The summed E-state index contributed by atoms with van der Waals surface area (Å²) in [4.78, 5) is 4.36. The van der Waals surface area contributed by atoms with Crippen molar-refractivity contribution in [1.29, 1.82) is 0 Å². The SMILES string of the molecule is Cc1ccc(C(O)c2ccccc2CN(C)C)s1. The monoisotopic (exact) mass is 261 g/mol. The zero-order chi connectivity index (χ0) is 13.1. The van der Waals surface area contributed by atoms with Crippen LogP contribution in [0, 0.1) is 6.92 Å². The van der Waals surface area contributed by atoms with Gasteiger partial charge in [-0.05, 0) is 44.3 Å². The second-order valence-electron chi connectivity index (χ2n) is 4.79. The van der Waals surface area contributed by atoms with Gasteiger partial charge in [-0.15, -0.1) is 11.3 Å². The van der Waals surface area contributed by atoms with Gasteiger partial charge in [-0.1, -0.05) is 24.3 Å². The fourth-order valence-corrected chi connectivity index (χ4v) is 2.92. The van der Waals surface area contributed by atoms with Crippen molar-refractivity contribution in [2.75, 3.05) is 14.1 Å². The van der Waals surface area contributed by atoms with E-state index in [0.29, 0.717) is 0 Å². The summed E-state index contributed by atoms with van der Waals surface area (Å²) in [5, 5.41) is 10.5. The Labute approximate surface area is 113 Å². The molecule has 0 aliphatic carbocycles. The predicted octanol–water partition coefficient (Wildman–Crippen LogP) is 3.20. The quantitative estimate of drug-likeness (QED) is 0.913. The normalized spacial score (nSPS) is 12.9. The molecular weight excluding hydrogens is 242 g/mol. The van der Waals surface area contributed by atoms with Crippen molar-refractivity contribution >= 4 is 11.3 Å². The van der Waals surface area contributed by atoms with E-state index in [1.54, 1.807) is 11.3 Å². The lowest BCUT2D eigenvalue weighted by atomic mass is 10.0. The molecule has 0 aliphatic heterocycles. The van der Waals surface area contributed by atoms with Gasteiger partial charge in [-0.25, -0.2) is 0 Å².